The summed E-state index contributed by atoms with van der Waals surface area (Å²) in [6, 6.07) is 6.99. The van der Waals surface area contributed by atoms with E-state index in [2.05, 4.69) is 9.97 Å². The van der Waals surface area contributed by atoms with Gasteiger partial charge in [0.05, 0.1) is 18.8 Å². The van der Waals surface area contributed by atoms with Crippen LogP contribution in [0.2, 0.25) is 0 Å². The molecule has 0 spiro atoms. The van der Waals surface area contributed by atoms with E-state index in [0.717, 1.165) is 4.57 Å². The number of ether oxygens (including phenoxy) is 1. The van der Waals surface area contributed by atoms with Crippen LogP contribution in [0.25, 0.3) is 11.0 Å². The molecule has 7 nitrogen and oxygen atoms in total. The third-order valence-corrected chi connectivity index (χ3v) is 3.53. The average Bonchev–Trinajstić information content (AvgIpc) is 2.58. The Hall–Kier alpha value is -2.96. The molecule has 3 aromatic heterocycles. The third-order valence-electron chi connectivity index (χ3n) is 3.53. The number of rotatable bonds is 4. The largest absolute Gasteiger partial charge is 0.493 e. The number of fused-ring (bicyclic) bond motifs is 1. The van der Waals surface area contributed by atoms with E-state index in [1.807, 2.05) is 13.0 Å². The monoisotopic (exact) mass is 312 g/mol. The maximum Gasteiger partial charge on any atom is 0.332 e. The Kier molecular flexibility index (Phi) is 3.92. The van der Waals surface area contributed by atoms with Crippen LogP contribution in [0.1, 0.15) is 12.6 Å². The Bertz CT molecular complexity index is 961. The van der Waals surface area contributed by atoms with Crippen molar-refractivity contribution < 1.29 is 4.74 Å². The normalized spacial score (nSPS) is 10.9. The Balaban J connectivity index is 2.29. The molecule has 3 aromatic rings. The molecule has 0 N–H and O–H groups in total. The zero-order chi connectivity index (χ0) is 16.4. The van der Waals surface area contributed by atoms with Crippen molar-refractivity contribution in [3.05, 3.63) is 63.2 Å². The highest BCUT2D eigenvalue weighted by molar-refractivity contribution is 5.81. The number of nitrogens with zero attached hydrogens (tertiary/aromatic N) is 4. The zero-order valence-electron chi connectivity index (χ0n) is 12.9. The summed E-state index contributed by atoms with van der Waals surface area (Å²) in [5.41, 5.74) is 0.0794. The van der Waals surface area contributed by atoms with Crippen molar-refractivity contribution in [2.75, 3.05) is 6.61 Å². The Morgan fingerprint density at radius 3 is 2.65 bits per heavy atom. The summed E-state index contributed by atoms with van der Waals surface area (Å²) in [5, 5.41) is 0.299. The second-order valence-electron chi connectivity index (χ2n) is 4.99. The van der Waals surface area contributed by atoms with Gasteiger partial charge < -0.3 is 4.74 Å². The molecule has 0 aliphatic carbocycles. The number of pyridine rings is 2. The minimum Gasteiger partial charge on any atom is -0.493 e. The van der Waals surface area contributed by atoms with Crippen LogP contribution in [-0.2, 0) is 13.6 Å². The minimum atomic E-state index is -0.436. The number of aromatic nitrogens is 4. The fourth-order valence-electron chi connectivity index (χ4n) is 2.45. The van der Waals surface area contributed by atoms with E-state index < -0.39 is 11.2 Å². The highest BCUT2D eigenvalue weighted by atomic mass is 16.5. The maximum absolute atomic E-state index is 12.8. The molecule has 0 bridgehead atoms. The summed E-state index contributed by atoms with van der Waals surface area (Å²) in [6.07, 6.45) is 3.15. The first-order valence-electron chi connectivity index (χ1n) is 7.24. The van der Waals surface area contributed by atoms with E-state index >= 15 is 0 Å². The molecule has 0 fully saturated rings. The van der Waals surface area contributed by atoms with Gasteiger partial charge in [0.25, 0.3) is 5.56 Å². The topological polar surface area (TPSA) is 79.0 Å². The predicted octanol–water partition coefficient (Wildman–Crippen LogP) is 0.937. The molecule has 0 saturated heterocycles. The van der Waals surface area contributed by atoms with Gasteiger partial charge in [-0.2, -0.15) is 0 Å². The lowest BCUT2D eigenvalue weighted by atomic mass is 10.3. The molecule has 118 valence electrons. The van der Waals surface area contributed by atoms with E-state index in [-0.39, 0.29) is 6.54 Å². The van der Waals surface area contributed by atoms with Gasteiger partial charge in [0.2, 0.25) is 0 Å². The standard InChI is InChI=1S/C16H16N4O3/c1-3-23-12-7-9-18-14-13(12)15(21)20(16(22)19(14)2)10-11-6-4-5-8-17-11/h4-9H,3,10H2,1-2H3. The van der Waals surface area contributed by atoms with Crippen LogP contribution in [0.15, 0.2) is 46.2 Å². The van der Waals surface area contributed by atoms with Crippen LogP contribution in [0, 0.1) is 0 Å². The fourth-order valence-corrected chi connectivity index (χ4v) is 2.45. The number of hydrogen-bond acceptors (Lipinski definition) is 5. The first kappa shape index (κ1) is 15.0. The van der Waals surface area contributed by atoms with Gasteiger partial charge in [0.1, 0.15) is 11.1 Å². The zero-order valence-corrected chi connectivity index (χ0v) is 12.9. The molecular weight excluding hydrogens is 296 g/mol. The third kappa shape index (κ3) is 2.61. The lowest BCUT2D eigenvalue weighted by Crippen LogP contribution is -2.40. The summed E-state index contributed by atoms with van der Waals surface area (Å²) < 4.78 is 8.01. The van der Waals surface area contributed by atoms with Crippen LogP contribution >= 0.6 is 0 Å². The lowest BCUT2D eigenvalue weighted by Gasteiger charge is -2.12. The Labute approximate surface area is 131 Å². The lowest BCUT2D eigenvalue weighted by molar-refractivity contribution is 0.343. The van der Waals surface area contributed by atoms with Gasteiger partial charge in [-0.3, -0.25) is 18.9 Å². The first-order chi connectivity index (χ1) is 11.1. The van der Waals surface area contributed by atoms with Gasteiger partial charge in [-0.05, 0) is 25.1 Å². The fraction of sp³-hybridized carbons (Fsp3) is 0.250. The molecule has 23 heavy (non-hydrogen) atoms. The second-order valence-corrected chi connectivity index (χ2v) is 4.99. The van der Waals surface area contributed by atoms with Crippen LogP contribution in [0.3, 0.4) is 0 Å². The summed E-state index contributed by atoms with van der Waals surface area (Å²) in [5.74, 6) is 0.424. The molecule has 0 aromatic carbocycles. The van der Waals surface area contributed by atoms with E-state index in [1.165, 1.54) is 10.8 Å². The van der Waals surface area contributed by atoms with Crippen molar-refractivity contribution in [2.45, 2.75) is 13.5 Å². The maximum atomic E-state index is 12.8. The highest BCUT2D eigenvalue weighted by Gasteiger charge is 2.16. The van der Waals surface area contributed by atoms with E-state index in [4.69, 9.17) is 4.74 Å². The predicted molar refractivity (Wildman–Crippen MR) is 85.8 cm³/mol. The molecule has 0 atom stereocenters. The average molecular weight is 312 g/mol. The number of hydrogen-bond donors (Lipinski definition) is 0. The highest BCUT2D eigenvalue weighted by Crippen LogP contribution is 2.19. The van der Waals surface area contributed by atoms with E-state index in [0.29, 0.717) is 29.1 Å². The SMILES string of the molecule is CCOc1ccnc2c1c(=O)n(Cc1ccccn1)c(=O)n2C. The molecular formula is C16H16N4O3. The van der Waals surface area contributed by atoms with Crippen molar-refractivity contribution >= 4 is 11.0 Å². The smallest absolute Gasteiger partial charge is 0.332 e. The van der Waals surface area contributed by atoms with Crippen LogP contribution < -0.4 is 16.0 Å². The molecule has 0 radical (unpaired) electrons. The van der Waals surface area contributed by atoms with Gasteiger partial charge in [0.15, 0.2) is 5.65 Å². The van der Waals surface area contributed by atoms with E-state index in [1.54, 1.807) is 31.4 Å². The van der Waals surface area contributed by atoms with E-state index in [9.17, 15) is 9.59 Å². The van der Waals surface area contributed by atoms with Gasteiger partial charge in [-0.25, -0.2) is 9.78 Å². The molecule has 0 unspecified atom stereocenters. The minimum absolute atomic E-state index is 0.0999. The van der Waals surface area contributed by atoms with Crippen LogP contribution in [-0.4, -0.2) is 25.7 Å². The second kappa shape index (κ2) is 6.04. The van der Waals surface area contributed by atoms with Crippen molar-refractivity contribution in [2.24, 2.45) is 7.05 Å². The van der Waals surface area contributed by atoms with Crippen LogP contribution in [0.5, 0.6) is 5.75 Å². The van der Waals surface area contributed by atoms with Crippen molar-refractivity contribution in [3.8, 4) is 5.75 Å². The Morgan fingerprint density at radius 1 is 1.13 bits per heavy atom. The summed E-state index contributed by atoms with van der Waals surface area (Å²) in [7, 11) is 1.59. The first-order valence-corrected chi connectivity index (χ1v) is 7.24. The Morgan fingerprint density at radius 2 is 1.96 bits per heavy atom. The molecule has 7 heteroatoms. The molecule has 0 saturated carbocycles. The summed E-state index contributed by atoms with van der Waals surface area (Å²) >= 11 is 0. The molecule has 0 amide bonds. The van der Waals surface area contributed by atoms with Crippen molar-refractivity contribution in [3.63, 3.8) is 0 Å². The summed E-state index contributed by atoms with van der Waals surface area (Å²) in [6.45, 7) is 2.35. The summed E-state index contributed by atoms with van der Waals surface area (Å²) in [4.78, 5) is 33.6. The molecule has 3 heterocycles. The molecule has 0 aliphatic rings. The quantitative estimate of drug-likeness (QED) is 0.716. The molecule has 3 rings (SSSR count). The van der Waals surface area contributed by atoms with Crippen molar-refractivity contribution in [1.29, 1.82) is 0 Å². The van der Waals surface area contributed by atoms with Crippen molar-refractivity contribution in [1.82, 2.24) is 19.1 Å². The van der Waals surface area contributed by atoms with Crippen LogP contribution in [0.4, 0.5) is 0 Å². The number of aryl methyl sites for hydroxylation is 1. The van der Waals surface area contributed by atoms with Gasteiger partial charge in [-0.15, -0.1) is 0 Å². The van der Waals surface area contributed by atoms with Gasteiger partial charge >= 0.3 is 5.69 Å². The van der Waals surface area contributed by atoms with Gasteiger partial charge in [-0.1, -0.05) is 6.07 Å². The van der Waals surface area contributed by atoms with Gasteiger partial charge in [0, 0.05) is 19.4 Å². The molecule has 0 aliphatic heterocycles.